The van der Waals surface area contributed by atoms with Crippen LogP contribution < -0.4 is 15.4 Å². The Labute approximate surface area is 184 Å². The molecule has 1 amide bonds. The standard InChI is InChI=1S/C19H22BrN3O4S2/c1-4-11-27-17-10-5-13(20)12-16(17)18(24)22-19(28)21-14-6-8-15(9-7-14)29(25,26)23(2)3/h5-10,12H,4,11H2,1-3H3,(H2,21,22,24,28). The molecule has 156 valence electrons. The number of anilines is 1. The van der Waals surface area contributed by atoms with E-state index in [1.807, 2.05) is 6.92 Å². The molecule has 0 saturated heterocycles. The molecular weight excluding hydrogens is 478 g/mol. The van der Waals surface area contributed by atoms with E-state index in [0.29, 0.717) is 23.6 Å². The van der Waals surface area contributed by atoms with E-state index in [0.717, 1.165) is 15.2 Å². The Morgan fingerprint density at radius 1 is 1.17 bits per heavy atom. The van der Waals surface area contributed by atoms with Crippen molar-refractivity contribution < 1.29 is 17.9 Å². The number of hydrogen-bond donors (Lipinski definition) is 2. The van der Waals surface area contributed by atoms with E-state index in [9.17, 15) is 13.2 Å². The van der Waals surface area contributed by atoms with Crippen molar-refractivity contribution in [1.29, 1.82) is 0 Å². The van der Waals surface area contributed by atoms with Gasteiger partial charge in [0, 0.05) is 24.3 Å². The van der Waals surface area contributed by atoms with Crippen LogP contribution in [0.25, 0.3) is 0 Å². The number of nitrogens with one attached hydrogen (secondary N) is 2. The van der Waals surface area contributed by atoms with Crippen molar-refractivity contribution in [1.82, 2.24) is 9.62 Å². The highest BCUT2D eigenvalue weighted by molar-refractivity contribution is 9.10. The van der Waals surface area contributed by atoms with Crippen LogP contribution in [0.1, 0.15) is 23.7 Å². The number of hydrogen-bond acceptors (Lipinski definition) is 5. The molecule has 0 spiro atoms. The van der Waals surface area contributed by atoms with Gasteiger partial charge >= 0.3 is 0 Å². The molecule has 2 rings (SSSR count). The smallest absolute Gasteiger partial charge is 0.261 e. The Kier molecular flexibility index (Phi) is 8.14. The van der Waals surface area contributed by atoms with Gasteiger partial charge in [-0.3, -0.25) is 10.1 Å². The lowest BCUT2D eigenvalue weighted by atomic mass is 10.2. The van der Waals surface area contributed by atoms with Crippen LogP contribution in [-0.4, -0.2) is 44.4 Å². The Bertz CT molecular complexity index is 993. The number of sulfonamides is 1. The molecule has 0 aliphatic carbocycles. The van der Waals surface area contributed by atoms with Gasteiger partial charge in [0.1, 0.15) is 5.75 Å². The topological polar surface area (TPSA) is 87.7 Å². The van der Waals surface area contributed by atoms with Gasteiger partial charge in [-0.05, 0) is 61.1 Å². The second-order valence-corrected chi connectivity index (χ2v) is 9.68. The molecule has 0 heterocycles. The molecule has 0 radical (unpaired) electrons. The van der Waals surface area contributed by atoms with Gasteiger partial charge in [0.25, 0.3) is 5.91 Å². The maximum absolute atomic E-state index is 12.6. The average Bonchev–Trinajstić information content (AvgIpc) is 2.67. The fourth-order valence-electron chi connectivity index (χ4n) is 2.27. The average molecular weight is 500 g/mol. The molecule has 0 atom stereocenters. The normalized spacial score (nSPS) is 11.2. The van der Waals surface area contributed by atoms with Crippen LogP contribution >= 0.6 is 28.1 Å². The monoisotopic (exact) mass is 499 g/mol. The maximum atomic E-state index is 12.6. The molecular formula is C19H22BrN3O4S2. The third kappa shape index (κ3) is 6.23. The number of halogens is 1. The Morgan fingerprint density at radius 2 is 1.83 bits per heavy atom. The van der Waals surface area contributed by atoms with Gasteiger partial charge in [-0.1, -0.05) is 22.9 Å². The molecule has 2 aromatic carbocycles. The zero-order chi connectivity index (χ0) is 21.6. The summed E-state index contributed by atoms with van der Waals surface area (Å²) in [6.45, 7) is 2.47. The predicted octanol–water partition coefficient (Wildman–Crippen LogP) is 3.62. The molecule has 7 nitrogen and oxygen atoms in total. The van der Waals surface area contributed by atoms with Crippen molar-refractivity contribution in [2.75, 3.05) is 26.0 Å². The molecule has 0 fully saturated rings. The Morgan fingerprint density at radius 3 is 2.41 bits per heavy atom. The van der Waals surface area contributed by atoms with Crippen LogP contribution in [0.4, 0.5) is 5.69 Å². The van der Waals surface area contributed by atoms with Crippen molar-refractivity contribution in [2.45, 2.75) is 18.2 Å². The molecule has 2 aromatic rings. The van der Waals surface area contributed by atoms with Crippen molar-refractivity contribution in [3.63, 3.8) is 0 Å². The van der Waals surface area contributed by atoms with Crippen LogP contribution in [0.15, 0.2) is 51.8 Å². The van der Waals surface area contributed by atoms with Gasteiger partial charge in [-0.15, -0.1) is 0 Å². The third-order valence-corrected chi connectivity index (χ3v) is 6.29. The van der Waals surface area contributed by atoms with Gasteiger partial charge in [-0.25, -0.2) is 12.7 Å². The van der Waals surface area contributed by atoms with E-state index in [4.69, 9.17) is 17.0 Å². The number of ether oxygens (including phenoxy) is 1. The summed E-state index contributed by atoms with van der Waals surface area (Å²) in [5, 5.41) is 5.56. The predicted molar refractivity (Wildman–Crippen MR) is 121 cm³/mol. The lowest BCUT2D eigenvalue weighted by Crippen LogP contribution is -2.34. The minimum atomic E-state index is -3.51. The minimum absolute atomic E-state index is 0.0830. The molecule has 29 heavy (non-hydrogen) atoms. The first-order valence-corrected chi connectivity index (χ1v) is 11.4. The van der Waals surface area contributed by atoms with Gasteiger partial charge in [0.15, 0.2) is 5.11 Å². The van der Waals surface area contributed by atoms with Gasteiger partial charge < -0.3 is 10.1 Å². The summed E-state index contributed by atoms with van der Waals surface area (Å²) < 4.78 is 31.7. The van der Waals surface area contributed by atoms with Crippen molar-refractivity contribution in [2.24, 2.45) is 0 Å². The summed E-state index contributed by atoms with van der Waals surface area (Å²) in [7, 11) is -0.579. The molecule has 2 N–H and O–H groups in total. The highest BCUT2D eigenvalue weighted by Gasteiger charge is 2.17. The van der Waals surface area contributed by atoms with Gasteiger partial charge in [-0.2, -0.15) is 0 Å². The summed E-state index contributed by atoms with van der Waals surface area (Å²) in [6.07, 6.45) is 0.816. The van der Waals surface area contributed by atoms with E-state index < -0.39 is 15.9 Å². The Balaban J connectivity index is 2.08. The second-order valence-electron chi connectivity index (χ2n) is 6.21. The fraction of sp³-hybridized carbons (Fsp3) is 0.263. The van der Waals surface area contributed by atoms with Crippen molar-refractivity contribution in [3.05, 3.63) is 52.5 Å². The van der Waals surface area contributed by atoms with E-state index in [1.165, 1.54) is 26.2 Å². The number of rotatable bonds is 7. The largest absolute Gasteiger partial charge is 0.493 e. The summed E-state index contributed by atoms with van der Waals surface area (Å²) in [5.74, 6) is 0.0512. The highest BCUT2D eigenvalue weighted by Crippen LogP contribution is 2.23. The molecule has 0 aromatic heterocycles. The van der Waals surface area contributed by atoms with E-state index in [1.54, 1.807) is 30.3 Å². The Hall–Kier alpha value is -2.01. The fourth-order valence-corrected chi connectivity index (χ4v) is 3.74. The summed E-state index contributed by atoms with van der Waals surface area (Å²) >= 11 is 8.55. The van der Waals surface area contributed by atoms with Gasteiger partial charge in [0.2, 0.25) is 10.0 Å². The van der Waals surface area contributed by atoms with E-state index in [2.05, 4.69) is 26.6 Å². The molecule has 0 aliphatic heterocycles. The van der Waals surface area contributed by atoms with Crippen LogP contribution in [-0.2, 0) is 10.0 Å². The van der Waals surface area contributed by atoms with E-state index in [-0.39, 0.29) is 10.0 Å². The molecule has 10 heteroatoms. The molecule has 0 aliphatic rings. The first-order valence-electron chi connectivity index (χ1n) is 8.72. The van der Waals surface area contributed by atoms with E-state index >= 15 is 0 Å². The highest BCUT2D eigenvalue weighted by atomic mass is 79.9. The van der Waals surface area contributed by atoms with Gasteiger partial charge in [0.05, 0.1) is 17.1 Å². The quantitative estimate of drug-likeness (QED) is 0.565. The minimum Gasteiger partial charge on any atom is -0.493 e. The van der Waals surface area contributed by atoms with Crippen LogP contribution in [0.5, 0.6) is 5.75 Å². The van der Waals surface area contributed by atoms with Crippen LogP contribution in [0.3, 0.4) is 0 Å². The number of thiocarbonyl (C=S) groups is 1. The van der Waals surface area contributed by atoms with Crippen molar-refractivity contribution >= 4 is 54.9 Å². The zero-order valence-electron chi connectivity index (χ0n) is 16.2. The molecule has 0 bridgehead atoms. The lowest BCUT2D eigenvalue weighted by molar-refractivity contribution is 0.0973. The molecule has 0 unspecified atom stereocenters. The van der Waals surface area contributed by atoms with Crippen LogP contribution in [0, 0.1) is 0 Å². The second kappa shape index (κ2) is 10.1. The number of benzene rings is 2. The first-order chi connectivity index (χ1) is 13.6. The molecule has 0 saturated carbocycles. The number of carbonyl (C=O) groups is 1. The lowest BCUT2D eigenvalue weighted by Gasteiger charge is -2.14. The summed E-state index contributed by atoms with van der Waals surface area (Å²) in [6, 6.07) is 11.2. The van der Waals surface area contributed by atoms with Crippen LogP contribution in [0.2, 0.25) is 0 Å². The summed E-state index contributed by atoms with van der Waals surface area (Å²) in [4.78, 5) is 12.8. The number of amides is 1. The SMILES string of the molecule is CCCOc1ccc(Br)cc1C(=O)NC(=S)Nc1ccc(S(=O)(=O)N(C)C)cc1. The van der Waals surface area contributed by atoms with Crippen molar-refractivity contribution in [3.8, 4) is 5.75 Å². The summed E-state index contributed by atoms with van der Waals surface area (Å²) in [5.41, 5.74) is 0.897. The third-order valence-electron chi connectivity index (χ3n) is 3.77. The number of nitrogens with zero attached hydrogens (tertiary/aromatic N) is 1. The number of carbonyl (C=O) groups excluding carboxylic acids is 1. The zero-order valence-corrected chi connectivity index (χ0v) is 19.4. The maximum Gasteiger partial charge on any atom is 0.261 e. The first kappa shape index (κ1) is 23.3.